The predicted octanol–water partition coefficient (Wildman–Crippen LogP) is 3.66. The molecule has 0 atom stereocenters. The summed E-state index contributed by atoms with van der Waals surface area (Å²) in [5, 5.41) is 0. The molecular weight excluding hydrogens is 184 g/mol. The summed E-state index contributed by atoms with van der Waals surface area (Å²) < 4.78 is 0. The highest BCUT2D eigenvalue weighted by Gasteiger charge is 1.88. The summed E-state index contributed by atoms with van der Waals surface area (Å²) in [7, 11) is 0. The van der Waals surface area contributed by atoms with Gasteiger partial charge in [0, 0.05) is 6.42 Å². The Morgan fingerprint density at radius 2 is 1.60 bits per heavy atom. The van der Waals surface area contributed by atoms with Crippen LogP contribution < -0.4 is 0 Å². The first kappa shape index (κ1) is 13.7. The second-order valence-electron chi connectivity index (χ2n) is 3.41. The Morgan fingerprint density at radius 1 is 0.933 bits per heavy atom. The molecule has 0 heterocycles. The molecule has 0 saturated heterocycles. The molecule has 1 nitrogen and oxygen atoms in total. The van der Waals surface area contributed by atoms with Gasteiger partial charge in [-0.3, -0.25) is 0 Å². The van der Waals surface area contributed by atoms with Gasteiger partial charge >= 0.3 is 0 Å². The second kappa shape index (κ2) is 12.7. The first-order valence-corrected chi connectivity index (χ1v) is 5.62. The van der Waals surface area contributed by atoms with Crippen molar-refractivity contribution >= 4 is 6.29 Å². The van der Waals surface area contributed by atoms with E-state index in [1.54, 1.807) is 6.08 Å². The van der Waals surface area contributed by atoms with E-state index in [2.05, 4.69) is 24.5 Å². The van der Waals surface area contributed by atoms with Gasteiger partial charge < -0.3 is 4.79 Å². The summed E-state index contributed by atoms with van der Waals surface area (Å²) in [5.74, 6) is 5.63. The van der Waals surface area contributed by atoms with Gasteiger partial charge in [-0.25, -0.2) is 0 Å². The zero-order valence-corrected chi connectivity index (χ0v) is 9.37. The number of rotatable bonds is 8. The fourth-order valence-electron chi connectivity index (χ4n) is 1.27. The summed E-state index contributed by atoms with van der Waals surface area (Å²) in [4.78, 5) is 10.0. The summed E-state index contributed by atoms with van der Waals surface area (Å²) in [6, 6.07) is 0. The third-order valence-corrected chi connectivity index (χ3v) is 2.08. The second-order valence-corrected chi connectivity index (χ2v) is 3.41. The maximum absolute atomic E-state index is 10.0. The van der Waals surface area contributed by atoms with Crippen molar-refractivity contribution in [2.45, 2.75) is 44.9 Å². The molecule has 15 heavy (non-hydrogen) atoms. The van der Waals surface area contributed by atoms with Crippen LogP contribution in [-0.2, 0) is 4.79 Å². The number of hydrogen-bond acceptors (Lipinski definition) is 1. The number of carbonyl (C=O) groups is 1. The number of carbonyl (C=O) groups excluding carboxylic acids is 1. The van der Waals surface area contributed by atoms with Gasteiger partial charge in [-0.05, 0) is 31.4 Å². The molecule has 0 amide bonds. The van der Waals surface area contributed by atoms with Gasteiger partial charge in [0.1, 0.15) is 6.29 Å². The minimum Gasteiger partial charge on any atom is -0.303 e. The first-order valence-electron chi connectivity index (χ1n) is 5.62. The lowest BCUT2D eigenvalue weighted by atomic mass is 10.1. The van der Waals surface area contributed by atoms with E-state index >= 15 is 0 Å². The van der Waals surface area contributed by atoms with Gasteiger partial charge in [0.2, 0.25) is 0 Å². The first-order chi connectivity index (χ1) is 7.41. The number of aldehydes is 1. The fraction of sp³-hybridized carbons (Fsp3) is 0.500. The van der Waals surface area contributed by atoms with Gasteiger partial charge in [-0.1, -0.05) is 43.8 Å². The summed E-state index contributed by atoms with van der Waals surface area (Å²) in [6.45, 7) is 3.51. The highest BCUT2D eigenvalue weighted by atomic mass is 16.1. The molecule has 0 radical (unpaired) electrons. The van der Waals surface area contributed by atoms with Crippen LogP contribution in [-0.4, -0.2) is 6.29 Å². The smallest absolute Gasteiger partial charge is 0.119 e. The number of unbranched alkanes of at least 4 members (excludes halogenated alkanes) is 6. The molecule has 0 unspecified atom stereocenters. The lowest BCUT2D eigenvalue weighted by molar-refractivity contribution is -0.107. The lowest BCUT2D eigenvalue weighted by Crippen LogP contribution is -1.79. The van der Waals surface area contributed by atoms with Crippen LogP contribution >= 0.6 is 0 Å². The van der Waals surface area contributed by atoms with Crippen molar-refractivity contribution in [3.63, 3.8) is 0 Å². The molecule has 0 aliphatic rings. The van der Waals surface area contributed by atoms with Gasteiger partial charge in [0.25, 0.3) is 0 Å². The molecule has 0 aromatic rings. The van der Waals surface area contributed by atoms with E-state index in [-0.39, 0.29) is 0 Å². The maximum Gasteiger partial charge on any atom is 0.119 e. The Hall–Kier alpha value is -1.29. The van der Waals surface area contributed by atoms with Crippen molar-refractivity contribution in [1.82, 2.24) is 0 Å². The standard InChI is InChI=1S/C14H20O/c1-2-3-4-5-6-7-8-9-10-11-12-13-14-15/h2,5-6,14H,1,7-13H2/b6-5-. The topological polar surface area (TPSA) is 17.1 Å². The molecule has 0 aromatic heterocycles. The van der Waals surface area contributed by atoms with E-state index in [1.165, 1.54) is 25.7 Å². The molecule has 0 fully saturated rings. The van der Waals surface area contributed by atoms with Gasteiger partial charge in [0.15, 0.2) is 0 Å². The largest absolute Gasteiger partial charge is 0.303 e. The average molecular weight is 204 g/mol. The van der Waals surface area contributed by atoms with Crippen molar-refractivity contribution < 1.29 is 4.79 Å². The Bertz CT molecular complexity index is 240. The van der Waals surface area contributed by atoms with Crippen LogP contribution in [0, 0.1) is 11.8 Å². The summed E-state index contributed by atoms with van der Waals surface area (Å²) in [5.41, 5.74) is 0. The van der Waals surface area contributed by atoms with Crippen LogP contribution in [0.3, 0.4) is 0 Å². The van der Waals surface area contributed by atoms with Crippen LogP contribution in [0.5, 0.6) is 0 Å². The van der Waals surface area contributed by atoms with Crippen molar-refractivity contribution in [2.75, 3.05) is 0 Å². The Balaban J connectivity index is 3.14. The maximum atomic E-state index is 10.0. The molecule has 0 aliphatic carbocycles. The predicted molar refractivity (Wildman–Crippen MR) is 65.5 cm³/mol. The van der Waals surface area contributed by atoms with Gasteiger partial charge in [-0.15, -0.1) is 0 Å². The zero-order valence-electron chi connectivity index (χ0n) is 9.37. The minimum atomic E-state index is 0.719. The molecule has 0 rings (SSSR count). The van der Waals surface area contributed by atoms with Gasteiger partial charge in [-0.2, -0.15) is 0 Å². The summed E-state index contributed by atoms with van der Waals surface area (Å²) in [6.07, 6.45) is 14.3. The molecule has 0 bridgehead atoms. The highest BCUT2D eigenvalue weighted by Crippen LogP contribution is 2.06. The Morgan fingerprint density at radius 3 is 2.27 bits per heavy atom. The molecule has 0 N–H and O–H groups in total. The number of allylic oxidation sites excluding steroid dienone is 3. The van der Waals surface area contributed by atoms with E-state index in [0.717, 1.165) is 25.5 Å². The van der Waals surface area contributed by atoms with E-state index in [1.807, 2.05) is 6.08 Å². The molecule has 0 aromatic carbocycles. The number of hydrogen-bond donors (Lipinski definition) is 0. The van der Waals surface area contributed by atoms with E-state index in [4.69, 9.17) is 0 Å². The quantitative estimate of drug-likeness (QED) is 0.335. The van der Waals surface area contributed by atoms with E-state index in [0.29, 0.717) is 0 Å². The van der Waals surface area contributed by atoms with Crippen molar-refractivity contribution in [3.05, 3.63) is 24.8 Å². The highest BCUT2D eigenvalue weighted by molar-refractivity contribution is 5.48. The fourth-order valence-corrected chi connectivity index (χ4v) is 1.27. The minimum absolute atomic E-state index is 0.719. The zero-order chi connectivity index (χ0) is 11.2. The van der Waals surface area contributed by atoms with Crippen LogP contribution in [0.25, 0.3) is 0 Å². The third-order valence-electron chi connectivity index (χ3n) is 2.08. The van der Waals surface area contributed by atoms with Crippen LogP contribution in [0.15, 0.2) is 24.8 Å². The third kappa shape index (κ3) is 12.7. The van der Waals surface area contributed by atoms with E-state index in [9.17, 15) is 4.79 Å². The molecule has 1 heteroatoms. The lowest BCUT2D eigenvalue weighted by Gasteiger charge is -1.96. The van der Waals surface area contributed by atoms with Crippen LogP contribution in [0.4, 0.5) is 0 Å². The van der Waals surface area contributed by atoms with Crippen LogP contribution in [0.1, 0.15) is 44.9 Å². The Kier molecular flexibility index (Phi) is 11.6. The normalized spacial score (nSPS) is 9.60. The summed E-state index contributed by atoms with van der Waals surface area (Å²) >= 11 is 0. The SMILES string of the molecule is C=CC#C/C=C\CCCCCCCC=O. The molecule has 0 aliphatic heterocycles. The average Bonchev–Trinajstić information content (AvgIpc) is 2.26. The van der Waals surface area contributed by atoms with Crippen molar-refractivity contribution in [2.24, 2.45) is 0 Å². The van der Waals surface area contributed by atoms with Crippen molar-refractivity contribution in [3.8, 4) is 11.8 Å². The van der Waals surface area contributed by atoms with Crippen LogP contribution in [0.2, 0.25) is 0 Å². The molecule has 0 saturated carbocycles. The van der Waals surface area contributed by atoms with E-state index < -0.39 is 0 Å². The van der Waals surface area contributed by atoms with Gasteiger partial charge in [0.05, 0.1) is 0 Å². The van der Waals surface area contributed by atoms with Crippen molar-refractivity contribution in [1.29, 1.82) is 0 Å². The molecule has 0 spiro atoms. The monoisotopic (exact) mass is 204 g/mol. The molecule has 82 valence electrons. The molecular formula is C14H20O. The Labute approximate surface area is 93.3 Å².